The average Bonchev–Trinajstić information content (AvgIpc) is 2.72. The molecule has 2 aromatic rings. The van der Waals surface area contributed by atoms with Crippen molar-refractivity contribution in [1.82, 2.24) is 0 Å². The molecule has 150 valence electrons. The Kier molecular flexibility index (Phi) is 6.66. The molecule has 1 N–H and O–H groups in total. The molecule has 6 nitrogen and oxygen atoms in total. The van der Waals surface area contributed by atoms with E-state index in [0.717, 1.165) is 29.2 Å². The van der Waals surface area contributed by atoms with Crippen LogP contribution in [0, 0.1) is 0 Å². The van der Waals surface area contributed by atoms with Gasteiger partial charge in [-0.05, 0) is 36.2 Å². The van der Waals surface area contributed by atoms with Crippen LogP contribution in [0.3, 0.4) is 0 Å². The van der Waals surface area contributed by atoms with Crippen molar-refractivity contribution in [3.8, 4) is 23.0 Å². The number of benzene rings is 2. The van der Waals surface area contributed by atoms with Gasteiger partial charge in [0.15, 0.2) is 11.5 Å². The first-order valence-electron chi connectivity index (χ1n) is 9.29. The minimum atomic E-state index is -0.672. The molecular weight excluding hydrogens is 358 g/mol. The molecule has 6 heteroatoms. The molecule has 1 aliphatic heterocycles. The molecule has 1 heterocycles. The Balaban J connectivity index is 1.63. The maximum absolute atomic E-state index is 10.5. The first-order chi connectivity index (χ1) is 13.6. The summed E-state index contributed by atoms with van der Waals surface area (Å²) in [6.07, 6.45) is 1.93. The maximum atomic E-state index is 10.5. The predicted octanol–water partition coefficient (Wildman–Crippen LogP) is 3.07. The second-order valence-electron chi connectivity index (χ2n) is 6.57. The highest BCUT2D eigenvalue weighted by Crippen LogP contribution is 2.35. The fraction of sp³-hybridized carbons (Fsp3) is 0.364. The Bertz CT molecular complexity index is 808. The number of anilines is 1. The number of nitrogens with zero attached hydrogens (tertiary/aromatic N) is 1. The fourth-order valence-corrected chi connectivity index (χ4v) is 3.19. The molecule has 0 radical (unpaired) electrons. The van der Waals surface area contributed by atoms with E-state index in [1.54, 1.807) is 14.2 Å². The van der Waals surface area contributed by atoms with E-state index in [2.05, 4.69) is 11.5 Å². The molecule has 1 atom stereocenters. The van der Waals surface area contributed by atoms with Crippen molar-refractivity contribution < 1.29 is 24.1 Å². The summed E-state index contributed by atoms with van der Waals surface area (Å²) in [5.74, 6) is 2.80. The Hall–Kier alpha value is -2.86. The third kappa shape index (κ3) is 4.70. The van der Waals surface area contributed by atoms with Crippen molar-refractivity contribution in [3.63, 3.8) is 0 Å². The molecule has 0 spiro atoms. The number of rotatable bonds is 9. The van der Waals surface area contributed by atoms with Crippen molar-refractivity contribution in [2.24, 2.45) is 0 Å². The molecule has 0 saturated carbocycles. The van der Waals surface area contributed by atoms with Crippen molar-refractivity contribution >= 4 is 5.69 Å². The lowest BCUT2D eigenvalue weighted by Crippen LogP contribution is -2.40. The summed E-state index contributed by atoms with van der Waals surface area (Å²) in [5.41, 5.74) is 2.01. The Morgan fingerprint density at radius 1 is 1.18 bits per heavy atom. The minimum Gasteiger partial charge on any atom is -0.497 e. The lowest BCUT2D eigenvalue weighted by molar-refractivity contribution is 0.108. The van der Waals surface area contributed by atoms with Crippen LogP contribution in [0.4, 0.5) is 5.69 Å². The van der Waals surface area contributed by atoms with Gasteiger partial charge < -0.3 is 29.0 Å². The number of ether oxygens (including phenoxy) is 4. The van der Waals surface area contributed by atoms with Crippen molar-refractivity contribution in [1.29, 1.82) is 0 Å². The predicted molar refractivity (Wildman–Crippen MR) is 109 cm³/mol. The van der Waals surface area contributed by atoms with Crippen LogP contribution in [0.2, 0.25) is 0 Å². The first kappa shape index (κ1) is 19.9. The molecule has 0 amide bonds. The molecule has 0 fully saturated rings. The van der Waals surface area contributed by atoms with E-state index in [9.17, 15) is 5.11 Å². The lowest BCUT2D eigenvalue weighted by Gasteiger charge is -2.33. The standard InChI is InChI=1S/C22H27NO5/c1-4-5-16-6-8-21(22(12-16)26-3)28-15-17(24)14-23-10-11-27-20-9-7-18(25-2)13-19(20)23/h4,6-9,12-13,17,24H,1,5,10-11,14-15H2,2-3H3. The second-order valence-corrected chi connectivity index (χ2v) is 6.57. The van der Waals surface area contributed by atoms with E-state index in [4.69, 9.17) is 18.9 Å². The highest BCUT2D eigenvalue weighted by molar-refractivity contribution is 5.63. The number of β-amino-alcohol motifs (C(OH)–C–C–N with tert-alkyl or cyclic N) is 1. The number of hydrogen-bond donors (Lipinski definition) is 1. The van der Waals surface area contributed by atoms with Crippen molar-refractivity contribution in [3.05, 3.63) is 54.6 Å². The van der Waals surface area contributed by atoms with Gasteiger partial charge in [-0.1, -0.05) is 12.1 Å². The fourth-order valence-electron chi connectivity index (χ4n) is 3.19. The molecule has 0 saturated heterocycles. The van der Waals surface area contributed by atoms with E-state index >= 15 is 0 Å². The SMILES string of the molecule is C=CCc1ccc(OCC(O)CN2CCOc3ccc(OC)cc32)c(OC)c1. The van der Waals surface area contributed by atoms with Crippen LogP contribution in [0.5, 0.6) is 23.0 Å². The van der Waals surface area contributed by atoms with Gasteiger partial charge in [0, 0.05) is 12.6 Å². The first-order valence-corrected chi connectivity index (χ1v) is 9.29. The zero-order valence-corrected chi connectivity index (χ0v) is 16.4. The van der Waals surface area contributed by atoms with Crippen LogP contribution in [0.1, 0.15) is 5.56 Å². The van der Waals surface area contributed by atoms with Crippen molar-refractivity contribution in [2.45, 2.75) is 12.5 Å². The highest BCUT2D eigenvalue weighted by Gasteiger charge is 2.22. The molecule has 0 bridgehead atoms. The van der Waals surface area contributed by atoms with E-state index in [0.29, 0.717) is 31.2 Å². The molecule has 28 heavy (non-hydrogen) atoms. The summed E-state index contributed by atoms with van der Waals surface area (Å²) in [6.45, 7) is 5.61. The zero-order chi connectivity index (χ0) is 19.9. The molecule has 1 unspecified atom stereocenters. The smallest absolute Gasteiger partial charge is 0.161 e. The van der Waals surface area contributed by atoms with Crippen LogP contribution in [-0.2, 0) is 6.42 Å². The number of allylic oxidation sites excluding steroid dienone is 1. The summed E-state index contributed by atoms with van der Waals surface area (Å²) in [6, 6.07) is 11.4. The Morgan fingerprint density at radius 2 is 2.04 bits per heavy atom. The number of aliphatic hydroxyl groups excluding tert-OH is 1. The number of fused-ring (bicyclic) bond motifs is 1. The molecule has 0 aromatic heterocycles. The summed E-state index contributed by atoms with van der Waals surface area (Å²) < 4.78 is 22.2. The van der Waals surface area contributed by atoms with Gasteiger partial charge in [-0.25, -0.2) is 0 Å². The van der Waals surface area contributed by atoms with Gasteiger partial charge >= 0.3 is 0 Å². The van der Waals surface area contributed by atoms with Crippen LogP contribution in [0.15, 0.2) is 49.1 Å². The third-order valence-electron chi connectivity index (χ3n) is 4.60. The molecule has 0 aliphatic carbocycles. The molecule has 1 aliphatic rings. The van der Waals surface area contributed by atoms with Crippen molar-refractivity contribution in [2.75, 3.05) is 45.4 Å². The molecule has 2 aromatic carbocycles. The lowest BCUT2D eigenvalue weighted by atomic mass is 10.1. The van der Waals surface area contributed by atoms with Gasteiger partial charge in [0.25, 0.3) is 0 Å². The Labute approximate surface area is 165 Å². The monoisotopic (exact) mass is 385 g/mol. The van der Waals surface area contributed by atoms with E-state index < -0.39 is 6.10 Å². The Morgan fingerprint density at radius 3 is 2.79 bits per heavy atom. The topological polar surface area (TPSA) is 60.4 Å². The number of hydrogen-bond acceptors (Lipinski definition) is 6. The maximum Gasteiger partial charge on any atom is 0.161 e. The van der Waals surface area contributed by atoms with E-state index in [1.807, 2.05) is 42.5 Å². The van der Waals surface area contributed by atoms with Crippen LogP contribution in [-0.4, -0.2) is 51.7 Å². The van der Waals surface area contributed by atoms with E-state index in [-0.39, 0.29) is 6.61 Å². The number of aliphatic hydroxyl groups is 1. The van der Waals surface area contributed by atoms with Gasteiger partial charge in [0.1, 0.15) is 30.8 Å². The van der Waals surface area contributed by atoms with Gasteiger partial charge in [0.2, 0.25) is 0 Å². The van der Waals surface area contributed by atoms with Crippen LogP contribution in [0.25, 0.3) is 0 Å². The number of methoxy groups -OCH3 is 2. The minimum absolute atomic E-state index is 0.161. The molecule has 3 rings (SSSR count). The summed E-state index contributed by atoms with van der Waals surface area (Å²) >= 11 is 0. The quantitative estimate of drug-likeness (QED) is 0.670. The normalized spacial score (nSPS) is 13.9. The summed E-state index contributed by atoms with van der Waals surface area (Å²) in [4.78, 5) is 2.08. The van der Waals surface area contributed by atoms with Gasteiger partial charge in [0.05, 0.1) is 26.5 Å². The zero-order valence-electron chi connectivity index (χ0n) is 16.4. The van der Waals surface area contributed by atoms with Gasteiger partial charge in [-0.3, -0.25) is 0 Å². The average molecular weight is 385 g/mol. The van der Waals surface area contributed by atoms with Crippen LogP contribution >= 0.6 is 0 Å². The molecular formula is C22H27NO5. The summed E-state index contributed by atoms with van der Waals surface area (Å²) in [5, 5.41) is 10.5. The third-order valence-corrected chi connectivity index (χ3v) is 4.60. The largest absolute Gasteiger partial charge is 0.497 e. The second kappa shape index (κ2) is 9.37. The highest BCUT2D eigenvalue weighted by atomic mass is 16.5. The van der Waals surface area contributed by atoms with Gasteiger partial charge in [-0.15, -0.1) is 6.58 Å². The van der Waals surface area contributed by atoms with Crippen LogP contribution < -0.4 is 23.8 Å². The summed E-state index contributed by atoms with van der Waals surface area (Å²) in [7, 11) is 3.24. The van der Waals surface area contributed by atoms with E-state index in [1.165, 1.54) is 0 Å². The van der Waals surface area contributed by atoms with Gasteiger partial charge in [-0.2, -0.15) is 0 Å².